The number of rotatable bonds is 5. The van der Waals surface area contributed by atoms with Crippen molar-refractivity contribution in [3.63, 3.8) is 0 Å². The SMILES string of the molecule is CCN1CCC(Oc2cccc3[nH]c([C@H]4CCC[C@@H](c5ncccc5C)N4C)nc23)CC1. The van der Waals surface area contributed by atoms with Crippen molar-refractivity contribution in [2.75, 3.05) is 26.7 Å². The summed E-state index contributed by atoms with van der Waals surface area (Å²) in [4.78, 5) is 18.4. The minimum Gasteiger partial charge on any atom is -0.488 e. The van der Waals surface area contributed by atoms with E-state index >= 15 is 0 Å². The Kier molecular flexibility index (Phi) is 6.15. The molecule has 1 aromatic carbocycles. The highest BCUT2D eigenvalue weighted by molar-refractivity contribution is 5.81. The van der Waals surface area contributed by atoms with Crippen LogP contribution in [0.15, 0.2) is 36.5 Å². The van der Waals surface area contributed by atoms with E-state index < -0.39 is 0 Å². The zero-order valence-corrected chi connectivity index (χ0v) is 19.6. The molecule has 2 saturated heterocycles. The van der Waals surface area contributed by atoms with Crippen LogP contribution in [0.4, 0.5) is 0 Å². The van der Waals surface area contributed by atoms with Gasteiger partial charge in [-0.3, -0.25) is 9.88 Å². The number of hydrogen-bond donors (Lipinski definition) is 1. The van der Waals surface area contributed by atoms with Crippen molar-refractivity contribution in [3.8, 4) is 5.75 Å². The third kappa shape index (κ3) is 4.14. The minimum atomic E-state index is 0.253. The van der Waals surface area contributed by atoms with Crippen LogP contribution in [0.3, 0.4) is 0 Å². The molecular weight excluding hydrogens is 398 g/mol. The van der Waals surface area contributed by atoms with Gasteiger partial charge in [0, 0.05) is 19.3 Å². The standard InChI is InChI=1S/C26H35N5O/c1-4-31-16-13-19(14-17-31)32-23-12-5-9-20-25(23)29-26(28-20)22-11-6-10-21(30(22)3)24-18(2)8-7-15-27-24/h5,7-9,12,15,19,21-22H,4,6,10-11,13-14,16-17H2,1-3H3,(H,28,29)/t21-,22+/m0/s1. The second-order valence-corrected chi connectivity index (χ2v) is 9.36. The molecule has 4 heterocycles. The molecule has 170 valence electrons. The maximum atomic E-state index is 6.46. The van der Waals surface area contributed by atoms with Gasteiger partial charge in [-0.05, 0) is 76.4 Å². The lowest BCUT2D eigenvalue weighted by Gasteiger charge is -2.38. The number of piperidine rings is 2. The van der Waals surface area contributed by atoms with Gasteiger partial charge in [-0.25, -0.2) is 4.98 Å². The van der Waals surface area contributed by atoms with Crippen molar-refractivity contribution in [2.24, 2.45) is 0 Å². The number of H-pyrrole nitrogens is 1. The number of fused-ring (bicyclic) bond motifs is 1. The lowest BCUT2D eigenvalue weighted by Crippen LogP contribution is -2.38. The molecule has 0 bridgehead atoms. The first-order chi connectivity index (χ1) is 15.6. The smallest absolute Gasteiger partial charge is 0.147 e. The average molecular weight is 434 g/mol. The van der Waals surface area contributed by atoms with Gasteiger partial charge in [-0.2, -0.15) is 0 Å². The Bertz CT molecular complexity index is 1060. The number of para-hydroxylation sites is 1. The summed E-state index contributed by atoms with van der Waals surface area (Å²) in [5, 5.41) is 0. The third-order valence-electron chi connectivity index (χ3n) is 7.39. The highest BCUT2D eigenvalue weighted by Gasteiger charge is 2.33. The van der Waals surface area contributed by atoms with E-state index in [1.54, 1.807) is 0 Å². The maximum Gasteiger partial charge on any atom is 0.147 e. The number of aromatic amines is 1. The molecule has 5 rings (SSSR count). The Balaban J connectivity index is 1.38. The van der Waals surface area contributed by atoms with E-state index in [1.165, 1.54) is 17.7 Å². The quantitative estimate of drug-likeness (QED) is 0.612. The van der Waals surface area contributed by atoms with Gasteiger partial charge in [0.05, 0.1) is 23.3 Å². The molecule has 2 aliphatic heterocycles. The first-order valence-electron chi connectivity index (χ1n) is 12.1. The van der Waals surface area contributed by atoms with Crippen molar-refractivity contribution in [3.05, 3.63) is 53.6 Å². The van der Waals surface area contributed by atoms with Crippen LogP contribution in [0, 0.1) is 6.92 Å². The maximum absolute atomic E-state index is 6.46. The number of nitrogens with zero attached hydrogens (tertiary/aromatic N) is 4. The number of imidazole rings is 1. The fraction of sp³-hybridized carbons (Fsp3) is 0.538. The first-order valence-corrected chi connectivity index (χ1v) is 12.1. The minimum absolute atomic E-state index is 0.253. The van der Waals surface area contributed by atoms with E-state index in [0.29, 0.717) is 6.04 Å². The topological polar surface area (TPSA) is 57.3 Å². The fourth-order valence-electron chi connectivity index (χ4n) is 5.44. The number of aromatic nitrogens is 3. The van der Waals surface area contributed by atoms with Gasteiger partial charge in [-0.1, -0.05) is 19.1 Å². The lowest BCUT2D eigenvalue weighted by atomic mass is 9.92. The second kappa shape index (κ2) is 9.20. The number of nitrogens with one attached hydrogen (secondary N) is 1. The first kappa shape index (κ1) is 21.4. The number of aryl methyl sites for hydroxylation is 1. The van der Waals surface area contributed by atoms with Gasteiger partial charge in [0.25, 0.3) is 0 Å². The number of likely N-dealkylation sites (tertiary alicyclic amines) is 2. The van der Waals surface area contributed by atoms with Crippen LogP contribution in [0.5, 0.6) is 5.75 Å². The molecule has 6 heteroatoms. The molecule has 0 radical (unpaired) electrons. The van der Waals surface area contributed by atoms with Crippen LogP contribution in [-0.2, 0) is 0 Å². The molecule has 0 aliphatic carbocycles. The fourth-order valence-corrected chi connectivity index (χ4v) is 5.44. The third-order valence-corrected chi connectivity index (χ3v) is 7.39. The van der Waals surface area contributed by atoms with Crippen LogP contribution >= 0.6 is 0 Å². The molecule has 1 N–H and O–H groups in total. The Morgan fingerprint density at radius 2 is 1.88 bits per heavy atom. The van der Waals surface area contributed by atoms with Gasteiger partial charge in [-0.15, -0.1) is 0 Å². The van der Waals surface area contributed by atoms with Crippen molar-refractivity contribution < 1.29 is 4.74 Å². The van der Waals surface area contributed by atoms with E-state index in [1.807, 2.05) is 12.3 Å². The zero-order chi connectivity index (χ0) is 22.1. The molecule has 3 aromatic rings. The molecule has 2 atom stereocenters. The summed E-state index contributed by atoms with van der Waals surface area (Å²) >= 11 is 0. The molecule has 0 saturated carbocycles. The lowest BCUT2D eigenvalue weighted by molar-refractivity contribution is 0.104. The Labute approximate surface area is 191 Å². The molecule has 2 fully saturated rings. The molecule has 2 aromatic heterocycles. The van der Waals surface area contributed by atoms with Crippen molar-refractivity contribution in [1.29, 1.82) is 0 Å². The summed E-state index contributed by atoms with van der Waals surface area (Å²) in [6.45, 7) is 7.75. The van der Waals surface area contributed by atoms with E-state index in [2.05, 4.69) is 59.9 Å². The van der Waals surface area contributed by atoms with Gasteiger partial charge in [0.15, 0.2) is 0 Å². The Morgan fingerprint density at radius 1 is 1.06 bits per heavy atom. The summed E-state index contributed by atoms with van der Waals surface area (Å²) in [5.41, 5.74) is 4.48. The number of ether oxygens (including phenoxy) is 1. The monoisotopic (exact) mass is 433 g/mol. The van der Waals surface area contributed by atoms with Gasteiger partial charge < -0.3 is 14.6 Å². The molecule has 32 heavy (non-hydrogen) atoms. The van der Waals surface area contributed by atoms with Crippen LogP contribution in [0.2, 0.25) is 0 Å². The summed E-state index contributed by atoms with van der Waals surface area (Å²) in [7, 11) is 2.22. The second-order valence-electron chi connectivity index (χ2n) is 9.36. The van der Waals surface area contributed by atoms with Crippen LogP contribution < -0.4 is 4.74 Å². The normalized spacial score (nSPS) is 23.6. The molecule has 6 nitrogen and oxygen atoms in total. The number of pyridine rings is 1. The highest BCUT2D eigenvalue weighted by Crippen LogP contribution is 2.40. The van der Waals surface area contributed by atoms with Crippen molar-refractivity contribution in [2.45, 2.75) is 64.1 Å². The van der Waals surface area contributed by atoms with Crippen molar-refractivity contribution in [1.82, 2.24) is 24.8 Å². The predicted molar refractivity (Wildman–Crippen MR) is 128 cm³/mol. The molecular formula is C26H35N5O. The largest absolute Gasteiger partial charge is 0.488 e. The van der Waals surface area contributed by atoms with Crippen LogP contribution in [0.1, 0.15) is 68.2 Å². The average Bonchev–Trinajstić information content (AvgIpc) is 3.25. The zero-order valence-electron chi connectivity index (χ0n) is 19.6. The molecule has 0 spiro atoms. The Hall–Kier alpha value is -2.44. The summed E-state index contributed by atoms with van der Waals surface area (Å²) in [5.74, 6) is 1.95. The van der Waals surface area contributed by atoms with Crippen LogP contribution in [0.25, 0.3) is 11.0 Å². The van der Waals surface area contributed by atoms with Gasteiger partial charge in [0.1, 0.15) is 23.2 Å². The number of benzene rings is 1. The Morgan fingerprint density at radius 3 is 2.66 bits per heavy atom. The molecule has 2 aliphatic rings. The van der Waals surface area contributed by atoms with Crippen LogP contribution in [-0.4, -0.2) is 57.5 Å². The molecule has 0 amide bonds. The molecule has 0 unspecified atom stereocenters. The predicted octanol–water partition coefficient (Wildman–Crippen LogP) is 5.03. The van der Waals surface area contributed by atoms with E-state index in [0.717, 1.165) is 67.9 Å². The summed E-state index contributed by atoms with van der Waals surface area (Å²) in [6.07, 6.45) is 7.76. The van der Waals surface area contributed by atoms with Gasteiger partial charge >= 0.3 is 0 Å². The van der Waals surface area contributed by atoms with E-state index in [-0.39, 0.29) is 12.1 Å². The van der Waals surface area contributed by atoms with Gasteiger partial charge in [0.2, 0.25) is 0 Å². The van der Waals surface area contributed by atoms with E-state index in [9.17, 15) is 0 Å². The van der Waals surface area contributed by atoms with Crippen molar-refractivity contribution >= 4 is 11.0 Å². The highest BCUT2D eigenvalue weighted by atomic mass is 16.5. The summed E-state index contributed by atoms with van der Waals surface area (Å²) in [6, 6.07) is 11.0. The summed E-state index contributed by atoms with van der Waals surface area (Å²) < 4.78 is 6.46. The number of hydrogen-bond acceptors (Lipinski definition) is 5. The van der Waals surface area contributed by atoms with E-state index in [4.69, 9.17) is 14.7 Å².